The van der Waals surface area contributed by atoms with E-state index in [-0.39, 0.29) is 18.4 Å². The van der Waals surface area contributed by atoms with Crippen LogP contribution in [-0.4, -0.2) is 28.7 Å². The zero-order valence-corrected chi connectivity index (χ0v) is 11.4. The largest absolute Gasteiger partial charge is 0.409 e. The van der Waals surface area contributed by atoms with E-state index >= 15 is 0 Å². The maximum atomic E-state index is 11.5. The summed E-state index contributed by atoms with van der Waals surface area (Å²) >= 11 is 0. The van der Waals surface area contributed by atoms with E-state index in [4.69, 9.17) is 15.5 Å². The van der Waals surface area contributed by atoms with Crippen molar-refractivity contribution >= 4 is 13.4 Å². The summed E-state index contributed by atoms with van der Waals surface area (Å²) in [7, 11) is -3.78. The highest BCUT2D eigenvalue weighted by atomic mass is 31.2. The molecule has 0 aliphatic carbocycles. The second-order valence-electron chi connectivity index (χ2n) is 4.10. The number of unbranched alkanes of at least 4 members (excludes halogenated alkanes) is 1. The minimum absolute atomic E-state index is 0.239. The summed E-state index contributed by atoms with van der Waals surface area (Å²) in [6.45, 7) is 4.36. The van der Waals surface area contributed by atoms with Gasteiger partial charge in [-0.25, -0.2) is 0 Å². The number of oxime groups is 1. The summed E-state index contributed by atoms with van der Waals surface area (Å²) in [5.41, 5.74) is 5.17. The van der Waals surface area contributed by atoms with Gasteiger partial charge >= 0.3 is 7.60 Å². The number of hydrogen-bond donors (Lipinski definition) is 3. The molecule has 0 rings (SSSR count). The van der Waals surface area contributed by atoms with Crippen LogP contribution in [-0.2, 0) is 9.09 Å². The van der Waals surface area contributed by atoms with Gasteiger partial charge in [-0.3, -0.25) is 4.57 Å². The average Bonchev–Trinajstić information content (AvgIpc) is 2.28. The van der Waals surface area contributed by atoms with Gasteiger partial charge in [0.05, 0.1) is 6.61 Å². The lowest BCUT2D eigenvalue weighted by atomic mass is 10.0. The first-order chi connectivity index (χ1) is 7.95. The summed E-state index contributed by atoms with van der Waals surface area (Å²) in [6, 6.07) is 0. The van der Waals surface area contributed by atoms with Crippen molar-refractivity contribution in [1.82, 2.24) is 0 Å². The van der Waals surface area contributed by atoms with Gasteiger partial charge in [-0.05, 0) is 12.3 Å². The molecular formula is C10H23N2O4P. The summed E-state index contributed by atoms with van der Waals surface area (Å²) < 4.78 is 16.5. The number of hydrogen-bond acceptors (Lipinski definition) is 4. The number of amidine groups is 1. The molecule has 0 bridgehead atoms. The van der Waals surface area contributed by atoms with Crippen LogP contribution >= 0.6 is 7.60 Å². The molecule has 7 heteroatoms. The second kappa shape index (κ2) is 8.50. The van der Waals surface area contributed by atoms with Crippen LogP contribution < -0.4 is 5.73 Å². The SMILES string of the molecule is CCCCC(CC)COP(=O)(O)CC(N)=NO. The van der Waals surface area contributed by atoms with E-state index in [1.807, 2.05) is 6.92 Å². The smallest absolute Gasteiger partial charge is 0.335 e. The Morgan fingerprint density at radius 3 is 2.65 bits per heavy atom. The molecule has 0 aromatic carbocycles. The maximum Gasteiger partial charge on any atom is 0.335 e. The third-order valence-electron chi connectivity index (χ3n) is 2.55. The van der Waals surface area contributed by atoms with Crippen LogP contribution in [0.4, 0.5) is 0 Å². The lowest BCUT2D eigenvalue weighted by Crippen LogP contribution is -2.18. The first kappa shape index (κ1) is 16.4. The standard InChI is InChI=1S/C10H23N2O4P/c1-3-5-6-9(4-2)7-16-17(14,15)8-10(11)12-13/h9,13H,3-8H2,1-2H3,(H2,11,12)(H,14,15). The van der Waals surface area contributed by atoms with Gasteiger partial charge in [-0.2, -0.15) is 0 Å². The molecule has 2 unspecified atom stereocenters. The highest BCUT2D eigenvalue weighted by Gasteiger charge is 2.23. The average molecular weight is 266 g/mol. The van der Waals surface area contributed by atoms with Crippen LogP contribution in [0.1, 0.15) is 39.5 Å². The summed E-state index contributed by atoms with van der Waals surface area (Å²) in [5, 5.41) is 11.0. The number of nitrogens with zero attached hydrogens (tertiary/aromatic N) is 1. The fourth-order valence-electron chi connectivity index (χ4n) is 1.40. The molecule has 2 atom stereocenters. The Morgan fingerprint density at radius 2 is 2.18 bits per heavy atom. The molecule has 0 aromatic rings. The Hall–Kier alpha value is -0.580. The molecule has 4 N–H and O–H groups in total. The molecule has 0 spiro atoms. The van der Waals surface area contributed by atoms with Crippen molar-refractivity contribution in [1.29, 1.82) is 0 Å². The predicted octanol–water partition coefficient (Wildman–Crippen LogP) is 2.15. The van der Waals surface area contributed by atoms with E-state index in [1.54, 1.807) is 0 Å². The predicted molar refractivity (Wildman–Crippen MR) is 67.4 cm³/mol. The lowest BCUT2D eigenvalue weighted by molar-refractivity contribution is 0.205. The highest BCUT2D eigenvalue weighted by molar-refractivity contribution is 7.53. The molecule has 0 aliphatic rings. The normalized spacial score (nSPS) is 17.7. The van der Waals surface area contributed by atoms with Crippen molar-refractivity contribution in [3.05, 3.63) is 0 Å². The molecule has 0 heterocycles. The molecule has 6 nitrogen and oxygen atoms in total. The topological polar surface area (TPSA) is 105 Å². The van der Waals surface area contributed by atoms with Gasteiger partial charge < -0.3 is 20.4 Å². The van der Waals surface area contributed by atoms with Gasteiger partial charge in [0, 0.05) is 0 Å². The van der Waals surface area contributed by atoms with E-state index in [1.165, 1.54) is 0 Å². The third-order valence-corrected chi connectivity index (χ3v) is 3.82. The van der Waals surface area contributed by atoms with Crippen molar-refractivity contribution in [2.75, 3.05) is 12.8 Å². The molecule has 102 valence electrons. The van der Waals surface area contributed by atoms with Crippen LogP contribution in [0, 0.1) is 5.92 Å². The third kappa shape index (κ3) is 8.18. The summed E-state index contributed by atoms with van der Waals surface area (Å²) in [4.78, 5) is 9.45. The molecule has 17 heavy (non-hydrogen) atoms. The molecule has 0 amide bonds. The van der Waals surface area contributed by atoms with Gasteiger partial charge in [-0.15, -0.1) is 0 Å². The molecule has 0 saturated carbocycles. The van der Waals surface area contributed by atoms with E-state index in [0.29, 0.717) is 0 Å². The van der Waals surface area contributed by atoms with Crippen LogP contribution in [0.25, 0.3) is 0 Å². The van der Waals surface area contributed by atoms with Gasteiger partial charge in [0.15, 0.2) is 5.84 Å². The van der Waals surface area contributed by atoms with Crippen LogP contribution in [0.2, 0.25) is 0 Å². The summed E-state index contributed by atoms with van der Waals surface area (Å²) in [6.07, 6.45) is 3.63. The van der Waals surface area contributed by atoms with Crippen LogP contribution in [0.5, 0.6) is 0 Å². The zero-order chi connectivity index (χ0) is 13.3. The number of rotatable bonds is 9. The maximum absolute atomic E-state index is 11.5. The fraction of sp³-hybridized carbons (Fsp3) is 0.900. The van der Waals surface area contributed by atoms with Crippen molar-refractivity contribution < 1.29 is 19.2 Å². The Morgan fingerprint density at radius 1 is 1.53 bits per heavy atom. The first-order valence-electron chi connectivity index (χ1n) is 5.87. The zero-order valence-electron chi connectivity index (χ0n) is 10.5. The molecule has 0 aromatic heterocycles. The van der Waals surface area contributed by atoms with E-state index in [0.717, 1.165) is 25.7 Å². The quantitative estimate of drug-likeness (QED) is 0.195. The van der Waals surface area contributed by atoms with Gasteiger partial charge in [0.2, 0.25) is 0 Å². The van der Waals surface area contributed by atoms with Crippen molar-refractivity contribution in [2.24, 2.45) is 16.8 Å². The lowest BCUT2D eigenvalue weighted by Gasteiger charge is -2.17. The molecule has 0 saturated heterocycles. The Balaban J connectivity index is 4.09. The van der Waals surface area contributed by atoms with E-state index in [9.17, 15) is 9.46 Å². The van der Waals surface area contributed by atoms with Gasteiger partial charge in [0.25, 0.3) is 0 Å². The Kier molecular flexibility index (Phi) is 8.21. The molecule has 0 radical (unpaired) electrons. The van der Waals surface area contributed by atoms with Gasteiger partial charge in [0.1, 0.15) is 6.16 Å². The van der Waals surface area contributed by atoms with Crippen LogP contribution in [0.15, 0.2) is 5.16 Å². The van der Waals surface area contributed by atoms with Crippen molar-refractivity contribution in [3.8, 4) is 0 Å². The van der Waals surface area contributed by atoms with Crippen molar-refractivity contribution in [2.45, 2.75) is 39.5 Å². The fourth-order valence-corrected chi connectivity index (χ4v) is 2.41. The van der Waals surface area contributed by atoms with E-state index in [2.05, 4.69) is 12.1 Å². The molecular weight excluding hydrogens is 243 g/mol. The first-order valence-corrected chi connectivity index (χ1v) is 7.64. The Labute approximate surface area is 102 Å². The van der Waals surface area contributed by atoms with Crippen molar-refractivity contribution in [3.63, 3.8) is 0 Å². The van der Waals surface area contributed by atoms with E-state index < -0.39 is 13.8 Å². The van der Waals surface area contributed by atoms with Crippen LogP contribution in [0.3, 0.4) is 0 Å². The monoisotopic (exact) mass is 266 g/mol. The Bertz CT molecular complexity index is 283. The van der Waals surface area contributed by atoms with Gasteiger partial charge in [-0.1, -0.05) is 38.3 Å². The molecule has 0 aliphatic heterocycles. The number of nitrogens with two attached hydrogens (primary N) is 1. The molecule has 0 fully saturated rings. The second-order valence-corrected chi connectivity index (χ2v) is 5.95. The summed E-state index contributed by atoms with van der Waals surface area (Å²) in [5.74, 6) is -0.0137. The minimum atomic E-state index is -3.78. The highest BCUT2D eigenvalue weighted by Crippen LogP contribution is 2.42. The minimum Gasteiger partial charge on any atom is -0.409 e.